The summed E-state index contributed by atoms with van der Waals surface area (Å²) in [6, 6.07) is 8.34. The third-order valence-electron chi connectivity index (χ3n) is 5.08. The molecule has 1 aliphatic heterocycles. The summed E-state index contributed by atoms with van der Waals surface area (Å²) >= 11 is 0. The lowest BCUT2D eigenvalue weighted by Gasteiger charge is -2.33. The smallest absolute Gasteiger partial charge is 0.233 e. The number of benzene rings is 1. The standard InChI is InChI=1S/C17H23NO2/c1-2-13-3-5-14(6-4-13)18-12-11-17(16(18)20)9-7-15(19)8-10-17/h3-6,15,19H,2,7-12H2,1H3/t15-,17+. The van der Waals surface area contributed by atoms with Gasteiger partial charge in [-0.1, -0.05) is 19.1 Å². The van der Waals surface area contributed by atoms with Gasteiger partial charge >= 0.3 is 0 Å². The monoisotopic (exact) mass is 273 g/mol. The van der Waals surface area contributed by atoms with Gasteiger partial charge in [0.25, 0.3) is 0 Å². The molecule has 2 fully saturated rings. The SMILES string of the molecule is CCc1ccc(N2CC[C@]3(CC[C@H](O)CC3)C2=O)cc1. The van der Waals surface area contributed by atoms with E-state index in [0.717, 1.165) is 50.8 Å². The van der Waals surface area contributed by atoms with Crippen LogP contribution in [0, 0.1) is 5.41 Å². The van der Waals surface area contributed by atoms with Gasteiger partial charge in [-0.25, -0.2) is 0 Å². The molecule has 2 aliphatic rings. The largest absolute Gasteiger partial charge is 0.393 e. The van der Waals surface area contributed by atoms with Crippen LogP contribution in [0.4, 0.5) is 5.69 Å². The van der Waals surface area contributed by atoms with Crippen LogP contribution in [0.1, 0.15) is 44.6 Å². The van der Waals surface area contributed by atoms with Crippen molar-refractivity contribution in [2.45, 2.75) is 51.6 Å². The first-order valence-electron chi connectivity index (χ1n) is 7.73. The maximum absolute atomic E-state index is 12.8. The van der Waals surface area contributed by atoms with Gasteiger partial charge in [-0.15, -0.1) is 0 Å². The van der Waals surface area contributed by atoms with E-state index in [1.165, 1.54) is 5.56 Å². The Kier molecular flexibility index (Phi) is 3.55. The Balaban J connectivity index is 1.78. The number of rotatable bonds is 2. The zero-order valence-corrected chi connectivity index (χ0v) is 12.1. The Bertz CT molecular complexity index is 486. The Labute approximate surface area is 120 Å². The van der Waals surface area contributed by atoms with Crippen LogP contribution in [0.5, 0.6) is 0 Å². The number of carbonyl (C=O) groups is 1. The molecule has 1 amide bonds. The lowest BCUT2D eigenvalue weighted by atomic mass is 9.72. The van der Waals surface area contributed by atoms with Crippen molar-refractivity contribution in [2.24, 2.45) is 5.41 Å². The van der Waals surface area contributed by atoms with Gasteiger partial charge in [0.1, 0.15) is 0 Å². The molecule has 1 aromatic rings. The molecule has 1 heterocycles. The molecule has 3 nitrogen and oxygen atoms in total. The molecule has 1 spiro atoms. The first-order valence-corrected chi connectivity index (χ1v) is 7.73. The predicted octanol–water partition coefficient (Wildman–Crippen LogP) is 2.91. The summed E-state index contributed by atoms with van der Waals surface area (Å²) in [7, 11) is 0. The average molecular weight is 273 g/mol. The van der Waals surface area contributed by atoms with Crippen molar-refractivity contribution in [2.75, 3.05) is 11.4 Å². The Morgan fingerprint density at radius 1 is 1.20 bits per heavy atom. The van der Waals surface area contributed by atoms with Crippen LogP contribution in [0.25, 0.3) is 0 Å². The van der Waals surface area contributed by atoms with Crippen molar-refractivity contribution >= 4 is 11.6 Å². The summed E-state index contributed by atoms with van der Waals surface area (Å²) in [4.78, 5) is 14.7. The van der Waals surface area contributed by atoms with E-state index in [0.29, 0.717) is 0 Å². The van der Waals surface area contributed by atoms with Crippen LogP contribution in [-0.4, -0.2) is 23.7 Å². The number of aryl methyl sites for hydroxylation is 1. The van der Waals surface area contributed by atoms with Gasteiger partial charge in [0.05, 0.1) is 11.5 Å². The highest BCUT2D eigenvalue weighted by Crippen LogP contribution is 2.45. The van der Waals surface area contributed by atoms with Crippen molar-refractivity contribution in [1.29, 1.82) is 0 Å². The zero-order valence-electron chi connectivity index (χ0n) is 12.1. The maximum atomic E-state index is 12.8. The molecular formula is C17H23NO2. The molecule has 1 saturated heterocycles. The van der Waals surface area contributed by atoms with E-state index < -0.39 is 0 Å². The number of anilines is 1. The number of amides is 1. The number of hydrogen-bond donors (Lipinski definition) is 1. The summed E-state index contributed by atoms with van der Waals surface area (Å²) in [5.74, 6) is 0.272. The van der Waals surface area contributed by atoms with E-state index in [1.54, 1.807) is 0 Å². The fourth-order valence-electron chi connectivity index (χ4n) is 3.60. The molecule has 1 saturated carbocycles. The van der Waals surface area contributed by atoms with E-state index in [9.17, 15) is 9.90 Å². The first kappa shape index (κ1) is 13.6. The molecule has 0 atom stereocenters. The van der Waals surface area contributed by atoms with Crippen LogP contribution < -0.4 is 4.90 Å². The quantitative estimate of drug-likeness (QED) is 0.900. The number of aliphatic hydroxyl groups excluding tert-OH is 1. The summed E-state index contributed by atoms with van der Waals surface area (Å²) in [6.45, 7) is 2.96. The molecule has 0 unspecified atom stereocenters. The molecule has 0 aromatic heterocycles. The summed E-state index contributed by atoms with van der Waals surface area (Å²) < 4.78 is 0. The van der Waals surface area contributed by atoms with Gasteiger partial charge in [0.2, 0.25) is 5.91 Å². The van der Waals surface area contributed by atoms with E-state index >= 15 is 0 Å². The van der Waals surface area contributed by atoms with Gasteiger partial charge in [-0.3, -0.25) is 4.79 Å². The van der Waals surface area contributed by atoms with Crippen LogP contribution in [0.15, 0.2) is 24.3 Å². The minimum absolute atomic E-state index is 0.192. The predicted molar refractivity (Wildman–Crippen MR) is 79.7 cm³/mol. The normalized spacial score (nSPS) is 30.2. The molecule has 1 aliphatic carbocycles. The summed E-state index contributed by atoms with van der Waals surface area (Å²) in [5.41, 5.74) is 2.13. The second-order valence-electron chi connectivity index (χ2n) is 6.24. The molecule has 1 N–H and O–H groups in total. The van der Waals surface area contributed by atoms with E-state index in [2.05, 4.69) is 31.2 Å². The van der Waals surface area contributed by atoms with Gasteiger partial charge < -0.3 is 10.0 Å². The lowest BCUT2D eigenvalue weighted by molar-refractivity contribution is -0.128. The second-order valence-corrected chi connectivity index (χ2v) is 6.24. The highest BCUT2D eigenvalue weighted by molar-refractivity contribution is 5.99. The Morgan fingerprint density at radius 3 is 2.45 bits per heavy atom. The maximum Gasteiger partial charge on any atom is 0.233 e. The van der Waals surface area contributed by atoms with Crippen molar-refractivity contribution in [1.82, 2.24) is 0 Å². The highest BCUT2D eigenvalue weighted by atomic mass is 16.3. The molecule has 20 heavy (non-hydrogen) atoms. The highest BCUT2D eigenvalue weighted by Gasteiger charge is 2.48. The zero-order chi connectivity index (χ0) is 14.2. The molecular weight excluding hydrogens is 250 g/mol. The van der Waals surface area contributed by atoms with Gasteiger partial charge in [-0.2, -0.15) is 0 Å². The molecule has 1 aromatic carbocycles. The fourth-order valence-corrected chi connectivity index (χ4v) is 3.60. The van der Waals surface area contributed by atoms with E-state index in [4.69, 9.17) is 0 Å². The number of hydrogen-bond acceptors (Lipinski definition) is 2. The average Bonchev–Trinajstić information content (AvgIpc) is 2.80. The van der Waals surface area contributed by atoms with E-state index in [-0.39, 0.29) is 17.4 Å². The van der Waals surface area contributed by atoms with Gasteiger partial charge in [0.15, 0.2) is 0 Å². The van der Waals surface area contributed by atoms with Crippen molar-refractivity contribution in [3.05, 3.63) is 29.8 Å². The van der Waals surface area contributed by atoms with Gasteiger partial charge in [-0.05, 0) is 56.2 Å². The van der Waals surface area contributed by atoms with Crippen LogP contribution in [0.3, 0.4) is 0 Å². The molecule has 3 heteroatoms. The second kappa shape index (κ2) is 5.21. The van der Waals surface area contributed by atoms with Crippen molar-refractivity contribution < 1.29 is 9.90 Å². The van der Waals surface area contributed by atoms with Gasteiger partial charge in [0, 0.05) is 12.2 Å². The number of nitrogens with zero attached hydrogens (tertiary/aromatic N) is 1. The molecule has 0 radical (unpaired) electrons. The Morgan fingerprint density at radius 2 is 1.85 bits per heavy atom. The summed E-state index contributed by atoms with van der Waals surface area (Å²) in [6.07, 6.45) is 4.99. The lowest BCUT2D eigenvalue weighted by Crippen LogP contribution is -2.38. The Hall–Kier alpha value is -1.35. The van der Waals surface area contributed by atoms with Crippen molar-refractivity contribution in [3.63, 3.8) is 0 Å². The molecule has 0 bridgehead atoms. The number of carbonyl (C=O) groups excluding carboxylic acids is 1. The molecule has 3 rings (SSSR count). The topological polar surface area (TPSA) is 40.5 Å². The first-order chi connectivity index (χ1) is 9.64. The minimum Gasteiger partial charge on any atom is -0.393 e. The fraction of sp³-hybridized carbons (Fsp3) is 0.588. The number of aliphatic hydroxyl groups is 1. The third-order valence-corrected chi connectivity index (χ3v) is 5.08. The minimum atomic E-state index is -0.202. The third kappa shape index (κ3) is 2.24. The van der Waals surface area contributed by atoms with Crippen LogP contribution in [-0.2, 0) is 11.2 Å². The van der Waals surface area contributed by atoms with Crippen molar-refractivity contribution in [3.8, 4) is 0 Å². The van der Waals surface area contributed by atoms with E-state index in [1.807, 2.05) is 4.90 Å². The summed E-state index contributed by atoms with van der Waals surface area (Å²) in [5, 5.41) is 9.65. The van der Waals surface area contributed by atoms with Crippen LogP contribution >= 0.6 is 0 Å². The van der Waals surface area contributed by atoms with Crippen LogP contribution in [0.2, 0.25) is 0 Å². The molecule has 108 valence electrons.